The summed E-state index contributed by atoms with van der Waals surface area (Å²) < 4.78 is 42.7. The van der Waals surface area contributed by atoms with E-state index in [4.69, 9.17) is 13.9 Å². The number of sulfonamides is 1. The summed E-state index contributed by atoms with van der Waals surface area (Å²) in [4.78, 5) is 27.1. The molecular weight excluding hydrogens is 460 g/mol. The molecule has 2 fully saturated rings. The number of esters is 1. The molecular formula is C24H30N2O7S. The number of piperidine rings is 1. The van der Waals surface area contributed by atoms with Gasteiger partial charge < -0.3 is 18.8 Å². The first-order valence-corrected chi connectivity index (χ1v) is 13.0. The van der Waals surface area contributed by atoms with Crippen LogP contribution in [0.4, 0.5) is 0 Å². The predicted molar refractivity (Wildman–Crippen MR) is 123 cm³/mol. The first-order valence-electron chi connectivity index (χ1n) is 11.6. The SMILES string of the molecule is CCOC(=O)c1ccc(S(=O)(=O)N2CCC(C(=O)N3CCCC3c3cccc(OC)c3)CC2)o1. The van der Waals surface area contributed by atoms with E-state index >= 15 is 0 Å². The average molecular weight is 491 g/mol. The fourth-order valence-corrected chi connectivity index (χ4v) is 6.08. The molecule has 0 radical (unpaired) electrons. The summed E-state index contributed by atoms with van der Waals surface area (Å²) in [7, 11) is -2.28. The number of likely N-dealkylation sites (tertiary alicyclic amines) is 1. The highest BCUT2D eigenvalue weighted by Crippen LogP contribution is 2.36. The quantitative estimate of drug-likeness (QED) is 0.549. The van der Waals surface area contributed by atoms with Crippen LogP contribution in [0.5, 0.6) is 5.75 Å². The van der Waals surface area contributed by atoms with Gasteiger partial charge >= 0.3 is 5.97 Å². The molecule has 10 heteroatoms. The molecule has 0 bridgehead atoms. The van der Waals surface area contributed by atoms with Crippen molar-refractivity contribution in [3.05, 3.63) is 47.7 Å². The summed E-state index contributed by atoms with van der Waals surface area (Å²) in [5, 5.41) is -0.294. The number of benzene rings is 1. The van der Waals surface area contributed by atoms with Gasteiger partial charge in [0.15, 0.2) is 0 Å². The van der Waals surface area contributed by atoms with E-state index in [2.05, 4.69) is 0 Å². The van der Waals surface area contributed by atoms with Crippen LogP contribution in [0.15, 0.2) is 45.9 Å². The van der Waals surface area contributed by atoms with Gasteiger partial charge in [0.1, 0.15) is 5.75 Å². The van der Waals surface area contributed by atoms with Gasteiger partial charge in [0, 0.05) is 25.6 Å². The molecule has 2 aromatic rings. The third kappa shape index (κ3) is 4.83. The van der Waals surface area contributed by atoms with Gasteiger partial charge in [-0.1, -0.05) is 12.1 Å². The summed E-state index contributed by atoms with van der Waals surface area (Å²) in [6, 6.07) is 10.4. The second kappa shape index (κ2) is 10.2. The molecule has 1 atom stereocenters. The van der Waals surface area contributed by atoms with E-state index in [1.54, 1.807) is 14.0 Å². The zero-order valence-electron chi connectivity index (χ0n) is 19.4. The molecule has 1 amide bonds. The number of hydrogen-bond donors (Lipinski definition) is 0. The third-order valence-corrected chi connectivity index (χ3v) is 8.24. The van der Waals surface area contributed by atoms with Crippen LogP contribution in [0, 0.1) is 5.92 Å². The van der Waals surface area contributed by atoms with Crippen molar-refractivity contribution >= 4 is 21.9 Å². The second-order valence-electron chi connectivity index (χ2n) is 8.48. The van der Waals surface area contributed by atoms with Crippen LogP contribution in [-0.2, 0) is 19.6 Å². The molecule has 4 rings (SSSR count). The number of methoxy groups -OCH3 is 1. The topological polar surface area (TPSA) is 106 Å². The van der Waals surface area contributed by atoms with Crippen molar-refractivity contribution in [3.63, 3.8) is 0 Å². The normalized spacial score (nSPS) is 19.8. The van der Waals surface area contributed by atoms with Crippen molar-refractivity contribution in [3.8, 4) is 5.75 Å². The van der Waals surface area contributed by atoms with Gasteiger partial charge in [0.05, 0.1) is 19.8 Å². The van der Waals surface area contributed by atoms with Gasteiger partial charge in [-0.15, -0.1) is 0 Å². The van der Waals surface area contributed by atoms with Gasteiger partial charge in [0.25, 0.3) is 10.0 Å². The summed E-state index contributed by atoms with van der Waals surface area (Å²) in [5.74, 6) is -0.249. The van der Waals surface area contributed by atoms with Crippen LogP contribution in [-0.4, -0.2) is 62.9 Å². The Balaban J connectivity index is 1.40. The van der Waals surface area contributed by atoms with E-state index in [0.717, 1.165) is 24.2 Å². The lowest BCUT2D eigenvalue weighted by Gasteiger charge is -2.34. The zero-order valence-corrected chi connectivity index (χ0v) is 20.3. The first-order chi connectivity index (χ1) is 16.3. The highest BCUT2D eigenvalue weighted by molar-refractivity contribution is 7.89. The van der Waals surface area contributed by atoms with Gasteiger partial charge in [0.2, 0.25) is 16.8 Å². The maximum absolute atomic E-state index is 13.4. The minimum Gasteiger partial charge on any atom is -0.497 e. The van der Waals surface area contributed by atoms with E-state index in [0.29, 0.717) is 19.4 Å². The largest absolute Gasteiger partial charge is 0.497 e. The zero-order chi connectivity index (χ0) is 24.3. The molecule has 2 aliphatic heterocycles. The van der Waals surface area contributed by atoms with Crippen LogP contribution in [0.25, 0.3) is 0 Å². The summed E-state index contributed by atoms with van der Waals surface area (Å²) in [6.07, 6.45) is 2.70. The molecule has 2 saturated heterocycles. The van der Waals surface area contributed by atoms with Gasteiger partial charge in [-0.3, -0.25) is 4.79 Å². The molecule has 2 aliphatic rings. The van der Waals surface area contributed by atoms with E-state index in [1.165, 1.54) is 16.4 Å². The number of ether oxygens (including phenoxy) is 2. The molecule has 184 valence electrons. The van der Waals surface area contributed by atoms with E-state index < -0.39 is 16.0 Å². The molecule has 1 aromatic carbocycles. The fraction of sp³-hybridized carbons (Fsp3) is 0.500. The molecule has 0 saturated carbocycles. The van der Waals surface area contributed by atoms with Crippen molar-refractivity contribution in [1.29, 1.82) is 0 Å². The maximum atomic E-state index is 13.4. The Morgan fingerprint density at radius 2 is 1.85 bits per heavy atom. The van der Waals surface area contributed by atoms with Gasteiger partial charge in [-0.25, -0.2) is 13.2 Å². The van der Waals surface area contributed by atoms with Gasteiger partial charge in [-0.2, -0.15) is 4.31 Å². The molecule has 0 spiro atoms. The molecule has 0 aliphatic carbocycles. The van der Waals surface area contributed by atoms with Crippen LogP contribution >= 0.6 is 0 Å². The number of carbonyl (C=O) groups excluding carboxylic acids is 2. The number of hydrogen-bond acceptors (Lipinski definition) is 7. The number of nitrogens with zero attached hydrogens (tertiary/aromatic N) is 2. The number of amides is 1. The molecule has 3 heterocycles. The Labute approximate surface area is 199 Å². The third-order valence-electron chi connectivity index (χ3n) is 6.47. The minimum atomic E-state index is -3.90. The number of rotatable bonds is 7. The van der Waals surface area contributed by atoms with Crippen molar-refractivity contribution in [1.82, 2.24) is 9.21 Å². The minimum absolute atomic E-state index is 0.00813. The van der Waals surface area contributed by atoms with Crippen molar-refractivity contribution < 1.29 is 31.9 Å². The Morgan fingerprint density at radius 3 is 2.56 bits per heavy atom. The number of carbonyl (C=O) groups is 2. The van der Waals surface area contributed by atoms with Crippen molar-refractivity contribution in [2.75, 3.05) is 33.4 Å². The molecule has 1 aromatic heterocycles. The van der Waals surface area contributed by atoms with Crippen molar-refractivity contribution in [2.24, 2.45) is 5.92 Å². The second-order valence-corrected chi connectivity index (χ2v) is 10.4. The van der Waals surface area contributed by atoms with Crippen molar-refractivity contribution in [2.45, 2.75) is 43.7 Å². The Bertz CT molecular complexity index is 1140. The average Bonchev–Trinajstić information content (AvgIpc) is 3.55. The maximum Gasteiger partial charge on any atom is 0.374 e. The highest BCUT2D eigenvalue weighted by atomic mass is 32.2. The van der Waals surface area contributed by atoms with Crippen LogP contribution in [0.3, 0.4) is 0 Å². The molecule has 0 N–H and O–H groups in total. The van der Waals surface area contributed by atoms with E-state index in [-0.39, 0.29) is 48.4 Å². The monoisotopic (exact) mass is 490 g/mol. The van der Waals surface area contributed by atoms with E-state index in [9.17, 15) is 18.0 Å². The summed E-state index contributed by atoms with van der Waals surface area (Å²) in [6.45, 7) is 2.95. The fourth-order valence-electron chi connectivity index (χ4n) is 4.70. The number of furan rings is 1. The molecule has 34 heavy (non-hydrogen) atoms. The van der Waals surface area contributed by atoms with Crippen LogP contribution < -0.4 is 4.74 Å². The van der Waals surface area contributed by atoms with Crippen LogP contribution in [0.1, 0.15) is 54.8 Å². The first kappa shape index (κ1) is 24.3. The van der Waals surface area contributed by atoms with Gasteiger partial charge in [-0.05, 0) is 62.4 Å². The predicted octanol–water partition coefficient (Wildman–Crippen LogP) is 3.23. The summed E-state index contributed by atoms with van der Waals surface area (Å²) >= 11 is 0. The lowest BCUT2D eigenvalue weighted by Crippen LogP contribution is -2.44. The lowest BCUT2D eigenvalue weighted by atomic mass is 9.95. The smallest absolute Gasteiger partial charge is 0.374 e. The summed E-state index contributed by atoms with van der Waals surface area (Å²) in [5.41, 5.74) is 1.06. The molecule has 1 unspecified atom stereocenters. The van der Waals surface area contributed by atoms with Crippen LogP contribution in [0.2, 0.25) is 0 Å². The highest BCUT2D eigenvalue weighted by Gasteiger charge is 2.38. The lowest BCUT2D eigenvalue weighted by molar-refractivity contribution is -0.137. The Kier molecular flexibility index (Phi) is 7.27. The standard InChI is InChI=1S/C24H30N2O7S/c1-3-32-24(28)21-9-10-22(33-21)34(29,30)25-14-11-17(12-15-25)23(27)26-13-5-8-20(26)18-6-4-7-19(16-18)31-2/h4,6-7,9-10,16-17,20H,3,5,8,11-15H2,1-2H3. The Morgan fingerprint density at radius 1 is 1.09 bits per heavy atom. The molecule has 9 nitrogen and oxygen atoms in total. The Hall–Kier alpha value is -2.85. The van der Waals surface area contributed by atoms with E-state index in [1.807, 2.05) is 29.2 Å².